The standard InChI is InChI=1S/C11H16BrNS/c1-13-8-11(4-2-5-11)7-10-9(12)3-6-14-10/h3,6,13H,2,4-5,7-8H2,1H3. The quantitative estimate of drug-likeness (QED) is 0.886. The van der Waals surface area contributed by atoms with Gasteiger partial charge in [0.1, 0.15) is 0 Å². The van der Waals surface area contributed by atoms with Gasteiger partial charge in [0.25, 0.3) is 0 Å². The van der Waals surface area contributed by atoms with Gasteiger partial charge in [-0.05, 0) is 59.1 Å². The molecule has 0 amide bonds. The molecular formula is C11H16BrNS. The summed E-state index contributed by atoms with van der Waals surface area (Å²) >= 11 is 5.49. The number of hydrogen-bond acceptors (Lipinski definition) is 2. The van der Waals surface area contributed by atoms with Crippen molar-refractivity contribution in [2.75, 3.05) is 13.6 Å². The van der Waals surface area contributed by atoms with E-state index in [1.165, 1.54) is 35.0 Å². The highest BCUT2D eigenvalue weighted by Gasteiger charge is 2.36. The smallest absolute Gasteiger partial charge is 0.0314 e. The Kier molecular flexibility index (Phi) is 3.30. The number of rotatable bonds is 4. The normalized spacial score (nSPS) is 19.3. The van der Waals surface area contributed by atoms with E-state index >= 15 is 0 Å². The van der Waals surface area contributed by atoms with Crippen molar-refractivity contribution in [3.05, 3.63) is 20.8 Å². The van der Waals surface area contributed by atoms with E-state index in [-0.39, 0.29) is 0 Å². The Morgan fingerprint density at radius 3 is 2.79 bits per heavy atom. The Hall–Kier alpha value is 0.140. The van der Waals surface area contributed by atoms with Crippen LogP contribution in [0.4, 0.5) is 0 Å². The van der Waals surface area contributed by atoms with Crippen LogP contribution in [0.3, 0.4) is 0 Å². The van der Waals surface area contributed by atoms with Crippen molar-refractivity contribution in [3.63, 3.8) is 0 Å². The molecule has 2 rings (SSSR count). The minimum atomic E-state index is 0.558. The first-order valence-corrected chi connectivity index (χ1v) is 6.79. The lowest BCUT2D eigenvalue weighted by atomic mass is 9.66. The fraction of sp³-hybridized carbons (Fsp3) is 0.636. The van der Waals surface area contributed by atoms with Crippen LogP contribution in [0.25, 0.3) is 0 Å². The predicted molar refractivity (Wildman–Crippen MR) is 65.9 cm³/mol. The van der Waals surface area contributed by atoms with Gasteiger partial charge in [0.05, 0.1) is 0 Å². The average molecular weight is 274 g/mol. The van der Waals surface area contributed by atoms with Crippen LogP contribution in [-0.2, 0) is 6.42 Å². The molecule has 1 aromatic heterocycles. The number of nitrogens with one attached hydrogen (secondary N) is 1. The van der Waals surface area contributed by atoms with Crippen molar-refractivity contribution in [1.29, 1.82) is 0 Å². The van der Waals surface area contributed by atoms with Gasteiger partial charge in [-0.15, -0.1) is 11.3 Å². The van der Waals surface area contributed by atoms with Crippen LogP contribution < -0.4 is 5.32 Å². The Balaban J connectivity index is 2.05. The monoisotopic (exact) mass is 273 g/mol. The van der Waals surface area contributed by atoms with Crippen LogP contribution in [0.15, 0.2) is 15.9 Å². The van der Waals surface area contributed by atoms with Gasteiger partial charge in [-0.25, -0.2) is 0 Å². The zero-order valence-corrected chi connectivity index (χ0v) is 10.9. The first-order chi connectivity index (χ1) is 6.76. The lowest BCUT2D eigenvalue weighted by Crippen LogP contribution is -2.40. The molecule has 1 nitrogen and oxygen atoms in total. The van der Waals surface area contributed by atoms with Gasteiger partial charge in [0, 0.05) is 15.9 Å². The second-order valence-corrected chi connectivity index (χ2v) is 6.11. The highest BCUT2D eigenvalue weighted by Crippen LogP contribution is 2.45. The minimum Gasteiger partial charge on any atom is -0.319 e. The van der Waals surface area contributed by atoms with E-state index in [0.29, 0.717) is 5.41 Å². The maximum Gasteiger partial charge on any atom is 0.0314 e. The lowest BCUT2D eigenvalue weighted by molar-refractivity contribution is 0.134. The molecule has 1 aliphatic rings. The van der Waals surface area contributed by atoms with Crippen molar-refractivity contribution in [1.82, 2.24) is 5.32 Å². The van der Waals surface area contributed by atoms with Gasteiger partial charge >= 0.3 is 0 Å². The summed E-state index contributed by atoms with van der Waals surface area (Å²) in [7, 11) is 2.06. The van der Waals surface area contributed by atoms with Gasteiger partial charge in [-0.1, -0.05) is 6.42 Å². The van der Waals surface area contributed by atoms with Gasteiger partial charge in [0.15, 0.2) is 0 Å². The molecule has 1 fully saturated rings. The molecule has 0 bridgehead atoms. The molecule has 0 unspecified atom stereocenters. The SMILES string of the molecule is CNCC1(Cc2sccc2Br)CCC1. The van der Waals surface area contributed by atoms with Crippen molar-refractivity contribution < 1.29 is 0 Å². The number of hydrogen-bond donors (Lipinski definition) is 1. The second-order valence-electron chi connectivity index (χ2n) is 4.25. The number of halogens is 1. The molecule has 1 aromatic rings. The van der Waals surface area contributed by atoms with Crippen molar-refractivity contribution >= 4 is 27.3 Å². The Bertz CT molecular complexity index is 304. The third-order valence-electron chi connectivity index (χ3n) is 3.19. The maximum absolute atomic E-state index is 3.61. The van der Waals surface area contributed by atoms with Crippen LogP contribution in [0.2, 0.25) is 0 Å². The second kappa shape index (κ2) is 4.33. The van der Waals surface area contributed by atoms with E-state index in [1.807, 2.05) is 11.3 Å². The zero-order valence-electron chi connectivity index (χ0n) is 8.48. The van der Waals surface area contributed by atoms with Crippen molar-refractivity contribution in [2.24, 2.45) is 5.41 Å². The third kappa shape index (κ3) is 2.05. The van der Waals surface area contributed by atoms with Crippen LogP contribution >= 0.6 is 27.3 Å². The molecule has 0 radical (unpaired) electrons. The minimum absolute atomic E-state index is 0.558. The first-order valence-electron chi connectivity index (χ1n) is 5.12. The molecule has 14 heavy (non-hydrogen) atoms. The van der Waals surface area contributed by atoms with Crippen LogP contribution in [0, 0.1) is 5.41 Å². The molecule has 1 aliphatic carbocycles. The molecule has 78 valence electrons. The highest BCUT2D eigenvalue weighted by molar-refractivity contribution is 9.10. The molecule has 0 aromatic carbocycles. The molecular weight excluding hydrogens is 258 g/mol. The fourth-order valence-electron chi connectivity index (χ4n) is 2.26. The van der Waals surface area contributed by atoms with Gasteiger partial charge in [0.2, 0.25) is 0 Å². The van der Waals surface area contributed by atoms with Crippen LogP contribution in [-0.4, -0.2) is 13.6 Å². The summed E-state index contributed by atoms with van der Waals surface area (Å²) in [6.07, 6.45) is 5.42. The van der Waals surface area contributed by atoms with Crippen molar-refractivity contribution in [2.45, 2.75) is 25.7 Å². The van der Waals surface area contributed by atoms with E-state index in [0.717, 1.165) is 6.54 Å². The van der Waals surface area contributed by atoms with Gasteiger partial charge in [-0.3, -0.25) is 0 Å². The summed E-state index contributed by atoms with van der Waals surface area (Å²) in [5, 5.41) is 5.50. The molecule has 0 spiro atoms. The van der Waals surface area contributed by atoms with E-state index in [9.17, 15) is 0 Å². The molecule has 1 heterocycles. The predicted octanol–water partition coefficient (Wildman–Crippen LogP) is 3.44. The summed E-state index contributed by atoms with van der Waals surface area (Å²) < 4.78 is 1.30. The van der Waals surface area contributed by atoms with Crippen LogP contribution in [0.1, 0.15) is 24.1 Å². The molecule has 0 saturated heterocycles. The van der Waals surface area contributed by atoms with E-state index in [1.54, 1.807) is 0 Å². The summed E-state index contributed by atoms with van der Waals surface area (Å²) in [6.45, 7) is 1.16. The largest absolute Gasteiger partial charge is 0.319 e. The summed E-state index contributed by atoms with van der Waals surface area (Å²) in [5.41, 5.74) is 0.558. The van der Waals surface area contributed by atoms with Gasteiger partial charge < -0.3 is 5.32 Å². The molecule has 3 heteroatoms. The maximum atomic E-state index is 3.61. The first kappa shape index (κ1) is 10.7. The molecule has 1 saturated carbocycles. The van der Waals surface area contributed by atoms with E-state index in [2.05, 4.69) is 39.7 Å². The van der Waals surface area contributed by atoms with E-state index < -0.39 is 0 Å². The summed E-state index contributed by atoms with van der Waals surface area (Å²) in [5.74, 6) is 0. The average Bonchev–Trinajstić information content (AvgIpc) is 2.48. The fourth-order valence-corrected chi connectivity index (χ4v) is 3.93. The van der Waals surface area contributed by atoms with Crippen molar-refractivity contribution in [3.8, 4) is 0 Å². The lowest BCUT2D eigenvalue weighted by Gasteiger charge is -2.42. The third-order valence-corrected chi connectivity index (χ3v) is 5.12. The Labute approximate surface area is 98.0 Å². The molecule has 1 N–H and O–H groups in total. The van der Waals surface area contributed by atoms with Crippen LogP contribution in [0.5, 0.6) is 0 Å². The Morgan fingerprint density at radius 1 is 1.57 bits per heavy atom. The van der Waals surface area contributed by atoms with E-state index in [4.69, 9.17) is 0 Å². The molecule has 0 aliphatic heterocycles. The topological polar surface area (TPSA) is 12.0 Å². The Morgan fingerprint density at radius 2 is 2.36 bits per heavy atom. The zero-order chi connectivity index (χ0) is 10.0. The summed E-state index contributed by atoms with van der Waals surface area (Å²) in [4.78, 5) is 1.51. The van der Waals surface area contributed by atoms with Gasteiger partial charge in [-0.2, -0.15) is 0 Å². The molecule has 0 atom stereocenters. The summed E-state index contributed by atoms with van der Waals surface area (Å²) in [6, 6.07) is 2.16. The highest BCUT2D eigenvalue weighted by atomic mass is 79.9. The number of thiophene rings is 1.